The van der Waals surface area contributed by atoms with Crippen molar-refractivity contribution in [3.8, 4) is 11.5 Å². The predicted molar refractivity (Wildman–Crippen MR) is 103 cm³/mol. The Morgan fingerprint density at radius 3 is 2.58 bits per heavy atom. The lowest BCUT2D eigenvalue weighted by molar-refractivity contribution is 0.299. The smallest absolute Gasteiger partial charge is 0.120 e. The van der Waals surface area contributed by atoms with Gasteiger partial charge in [-0.05, 0) is 54.8 Å². The molecule has 0 radical (unpaired) electrons. The van der Waals surface area contributed by atoms with E-state index < -0.39 is 0 Å². The molecule has 0 amide bonds. The molecule has 1 heterocycles. The van der Waals surface area contributed by atoms with Gasteiger partial charge < -0.3 is 9.84 Å². The molecule has 1 aliphatic heterocycles. The zero-order chi connectivity index (χ0) is 17.9. The van der Waals surface area contributed by atoms with E-state index in [0.717, 1.165) is 47.5 Å². The van der Waals surface area contributed by atoms with Crippen molar-refractivity contribution in [1.29, 1.82) is 0 Å². The number of para-hydroxylation sites is 1. The normalized spacial score (nSPS) is 19.3. The lowest BCUT2D eigenvalue weighted by Gasteiger charge is -2.26. The number of allylic oxidation sites excluding steroid dienone is 3. The first-order valence-corrected chi connectivity index (χ1v) is 8.92. The molecule has 2 aliphatic rings. The Morgan fingerprint density at radius 1 is 1.08 bits per heavy atom. The van der Waals surface area contributed by atoms with Gasteiger partial charge in [0.15, 0.2) is 0 Å². The predicted octanol–water partition coefficient (Wildman–Crippen LogP) is 4.79. The van der Waals surface area contributed by atoms with Crippen molar-refractivity contribution in [2.45, 2.75) is 25.3 Å². The van der Waals surface area contributed by atoms with Crippen molar-refractivity contribution in [3.05, 3.63) is 83.6 Å². The summed E-state index contributed by atoms with van der Waals surface area (Å²) in [5.74, 6) is 1.15. The van der Waals surface area contributed by atoms with Gasteiger partial charge in [-0.15, -0.1) is 0 Å². The highest BCUT2D eigenvalue weighted by atomic mass is 16.5. The summed E-state index contributed by atoms with van der Waals surface area (Å²) in [5.41, 5.74) is 4.09. The van der Waals surface area contributed by atoms with Crippen molar-refractivity contribution >= 4 is 5.71 Å². The van der Waals surface area contributed by atoms with Crippen LogP contribution in [0.3, 0.4) is 0 Å². The first kappa shape index (κ1) is 16.5. The molecule has 2 aromatic carbocycles. The number of ether oxygens (including phenoxy) is 1. The molecule has 0 saturated carbocycles. The third-order valence-corrected chi connectivity index (χ3v) is 4.87. The molecule has 132 valence electrons. The first-order valence-electron chi connectivity index (χ1n) is 8.92. The molecule has 4 rings (SSSR count). The fourth-order valence-corrected chi connectivity index (χ4v) is 3.49. The fourth-order valence-electron chi connectivity index (χ4n) is 3.49. The zero-order valence-electron chi connectivity index (χ0n) is 14.8. The number of phenolic OH excluding ortho intramolecular Hbond substituents is 1. The van der Waals surface area contributed by atoms with Crippen LogP contribution in [0.4, 0.5) is 0 Å². The number of hydrogen-bond donors (Lipinski definition) is 1. The SMILES string of the molecule is COc1ccc(C2=NN(C3=CCCC=C3)C(c3ccccc3O)C2)cc1. The second-order valence-corrected chi connectivity index (χ2v) is 6.51. The molecule has 1 atom stereocenters. The van der Waals surface area contributed by atoms with Crippen LogP contribution in [0.25, 0.3) is 0 Å². The molecule has 0 spiro atoms. The van der Waals surface area contributed by atoms with Gasteiger partial charge in [0.2, 0.25) is 0 Å². The van der Waals surface area contributed by atoms with Gasteiger partial charge in [0.1, 0.15) is 11.5 Å². The van der Waals surface area contributed by atoms with E-state index in [4.69, 9.17) is 9.84 Å². The number of aromatic hydroxyl groups is 1. The van der Waals surface area contributed by atoms with Crippen molar-refractivity contribution in [3.63, 3.8) is 0 Å². The van der Waals surface area contributed by atoms with Crippen molar-refractivity contribution in [1.82, 2.24) is 5.01 Å². The fraction of sp³-hybridized carbons (Fsp3) is 0.227. The molecule has 0 saturated heterocycles. The minimum Gasteiger partial charge on any atom is -0.508 e. The van der Waals surface area contributed by atoms with Crippen LogP contribution in [-0.2, 0) is 0 Å². The lowest BCUT2D eigenvalue weighted by atomic mass is 9.97. The number of hydrazone groups is 1. The number of benzene rings is 2. The highest BCUT2D eigenvalue weighted by Gasteiger charge is 2.32. The number of methoxy groups -OCH3 is 1. The Kier molecular flexibility index (Phi) is 4.48. The van der Waals surface area contributed by atoms with Crippen molar-refractivity contribution < 1.29 is 9.84 Å². The topological polar surface area (TPSA) is 45.1 Å². The van der Waals surface area contributed by atoms with E-state index in [1.54, 1.807) is 13.2 Å². The van der Waals surface area contributed by atoms with Crippen LogP contribution in [0.2, 0.25) is 0 Å². The molecule has 1 aliphatic carbocycles. The maximum absolute atomic E-state index is 10.4. The second-order valence-electron chi connectivity index (χ2n) is 6.51. The van der Waals surface area contributed by atoms with Gasteiger partial charge in [0.05, 0.1) is 24.6 Å². The van der Waals surface area contributed by atoms with Gasteiger partial charge >= 0.3 is 0 Å². The average molecular weight is 346 g/mol. The summed E-state index contributed by atoms with van der Waals surface area (Å²) in [5, 5.41) is 17.3. The summed E-state index contributed by atoms with van der Waals surface area (Å²) in [6.45, 7) is 0. The first-order chi connectivity index (χ1) is 12.8. The largest absolute Gasteiger partial charge is 0.508 e. The van der Waals surface area contributed by atoms with Gasteiger partial charge in [-0.1, -0.05) is 30.4 Å². The van der Waals surface area contributed by atoms with Crippen LogP contribution in [0.1, 0.15) is 36.4 Å². The number of hydrogen-bond acceptors (Lipinski definition) is 4. The maximum atomic E-state index is 10.4. The molecule has 0 aromatic heterocycles. The number of rotatable bonds is 4. The Labute approximate surface area is 153 Å². The van der Waals surface area contributed by atoms with Crippen molar-refractivity contribution in [2.75, 3.05) is 7.11 Å². The zero-order valence-corrected chi connectivity index (χ0v) is 14.8. The van der Waals surface area contributed by atoms with E-state index in [9.17, 15) is 5.11 Å². The minimum atomic E-state index is -0.0118. The molecule has 1 unspecified atom stereocenters. The van der Waals surface area contributed by atoms with Crippen LogP contribution < -0.4 is 4.74 Å². The van der Waals surface area contributed by atoms with E-state index in [1.807, 2.05) is 47.5 Å². The summed E-state index contributed by atoms with van der Waals surface area (Å²) in [6, 6.07) is 15.5. The summed E-state index contributed by atoms with van der Waals surface area (Å²) in [7, 11) is 1.67. The van der Waals surface area contributed by atoms with E-state index in [-0.39, 0.29) is 6.04 Å². The van der Waals surface area contributed by atoms with E-state index >= 15 is 0 Å². The second kappa shape index (κ2) is 7.08. The van der Waals surface area contributed by atoms with Gasteiger partial charge in [-0.3, -0.25) is 5.01 Å². The monoisotopic (exact) mass is 346 g/mol. The maximum Gasteiger partial charge on any atom is 0.120 e. The van der Waals surface area contributed by atoms with Gasteiger partial charge in [0.25, 0.3) is 0 Å². The molecule has 4 nitrogen and oxygen atoms in total. The Hall–Kier alpha value is -3.01. The Balaban J connectivity index is 1.71. The molecule has 0 fully saturated rings. The highest BCUT2D eigenvalue weighted by molar-refractivity contribution is 6.02. The van der Waals surface area contributed by atoms with Crippen LogP contribution in [0.5, 0.6) is 11.5 Å². The molecular weight excluding hydrogens is 324 g/mol. The van der Waals surface area contributed by atoms with Crippen molar-refractivity contribution in [2.24, 2.45) is 5.10 Å². The summed E-state index contributed by atoms with van der Waals surface area (Å²) >= 11 is 0. The standard InChI is InChI=1S/C22H22N2O2/c1-26-18-13-11-16(12-14-18)20-15-21(19-9-5-6-10-22(19)25)24(23-20)17-7-3-2-4-8-17/h3,5-14,21,25H,2,4,15H2,1H3. The average Bonchev–Trinajstić information content (AvgIpc) is 3.14. The van der Waals surface area contributed by atoms with Gasteiger partial charge in [-0.2, -0.15) is 5.10 Å². The molecule has 2 aromatic rings. The summed E-state index contributed by atoms with van der Waals surface area (Å²) in [4.78, 5) is 0. The molecule has 4 heteroatoms. The summed E-state index contributed by atoms with van der Waals surface area (Å²) in [6.07, 6.45) is 9.34. The molecular formula is C22H22N2O2. The van der Waals surface area contributed by atoms with E-state index in [2.05, 4.69) is 18.2 Å². The highest BCUT2D eigenvalue weighted by Crippen LogP contribution is 2.40. The van der Waals surface area contributed by atoms with Crippen LogP contribution >= 0.6 is 0 Å². The van der Waals surface area contributed by atoms with Gasteiger partial charge in [0, 0.05) is 12.0 Å². The molecule has 0 bridgehead atoms. The Morgan fingerprint density at radius 2 is 1.88 bits per heavy atom. The number of phenols is 1. The van der Waals surface area contributed by atoms with Gasteiger partial charge in [-0.25, -0.2) is 0 Å². The van der Waals surface area contributed by atoms with Crippen LogP contribution in [0.15, 0.2) is 77.6 Å². The molecule has 26 heavy (non-hydrogen) atoms. The van der Waals surface area contributed by atoms with Crippen LogP contribution in [-0.4, -0.2) is 22.9 Å². The van der Waals surface area contributed by atoms with E-state index in [0.29, 0.717) is 5.75 Å². The minimum absolute atomic E-state index is 0.0118. The Bertz CT molecular complexity index is 881. The third kappa shape index (κ3) is 3.10. The lowest BCUT2D eigenvalue weighted by Crippen LogP contribution is -2.19. The third-order valence-electron chi connectivity index (χ3n) is 4.87. The number of nitrogens with zero attached hydrogens (tertiary/aromatic N) is 2. The molecule has 1 N–H and O–H groups in total. The van der Waals surface area contributed by atoms with Crippen LogP contribution in [0, 0.1) is 0 Å². The van der Waals surface area contributed by atoms with E-state index in [1.165, 1.54) is 0 Å². The quantitative estimate of drug-likeness (QED) is 0.866. The summed E-state index contributed by atoms with van der Waals surface area (Å²) < 4.78 is 5.25.